The smallest absolute Gasteiger partial charge is 0.247 e. The molecule has 2 heterocycles. The van der Waals surface area contributed by atoms with E-state index >= 15 is 0 Å². The van der Waals surface area contributed by atoms with Gasteiger partial charge in [0.25, 0.3) is 0 Å². The molecule has 2 aliphatic rings. The van der Waals surface area contributed by atoms with Gasteiger partial charge in [0.15, 0.2) is 15.0 Å². The Balaban J connectivity index is 1.78. The highest BCUT2D eigenvalue weighted by Crippen LogP contribution is 2.38. The van der Waals surface area contributed by atoms with Gasteiger partial charge in [-0.05, 0) is 24.1 Å². The van der Waals surface area contributed by atoms with Crippen molar-refractivity contribution in [2.75, 3.05) is 18.1 Å². The lowest BCUT2D eigenvalue weighted by atomic mass is 10.1. The molecule has 0 saturated carbocycles. The van der Waals surface area contributed by atoms with E-state index in [9.17, 15) is 17.6 Å². The summed E-state index contributed by atoms with van der Waals surface area (Å²) < 4.78 is 36.8. The molecule has 0 radical (unpaired) electrons. The molecule has 1 aromatic rings. The predicted octanol–water partition coefficient (Wildman–Crippen LogP) is 1.88. The Kier molecular flexibility index (Phi) is 4.96. The molecular weight excluding hydrogens is 351 g/mol. The molecule has 130 valence electrons. The van der Waals surface area contributed by atoms with E-state index in [1.807, 2.05) is 4.90 Å². The molecule has 1 aromatic carbocycles. The molecule has 2 atom stereocenters. The minimum absolute atomic E-state index is 0.0633. The summed E-state index contributed by atoms with van der Waals surface area (Å²) in [7, 11) is -3.04. The van der Waals surface area contributed by atoms with Crippen LogP contribution in [0.5, 0.6) is 0 Å². The molecule has 2 aliphatic heterocycles. The van der Waals surface area contributed by atoms with Gasteiger partial charge in [0, 0.05) is 18.2 Å². The van der Waals surface area contributed by atoms with Crippen LogP contribution in [-0.4, -0.2) is 53.7 Å². The molecule has 24 heavy (non-hydrogen) atoms. The topological polar surface area (TPSA) is 66.8 Å². The van der Waals surface area contributed by atoms with Gasteiger partial charge in [-0.3, -0.25) is 4.79 Å². The Morgan fingerprint density at radius 3 is 2.71 bits per heavy atom. The third kappa shape index (κ3) is 3.80. The van der Waals surface area contributed by atoms with Crippen LogP contribution in [0.4, 0.5) is 4.39 Å². The molecule has 1 amide bonds. The fraction of sp³-hybridized carbons (Fsp3) is 0.500. The predicted molar refractivity (Wildman–Crippen MR) is 93.4 cm³/mol. The third-order valence-corrected chi connectivity index (χ3v) is 7.50. The fourth-order valence-corrected chi connectivity index (χ4v) is 6.98. The molecule has 0 bridgehead atoms. The first kappa shape index (κ1) is 17.4. The zero-order valence-electron chi connectivity index (χ0n) is 13.3. The number of hydrogen-bond donors (Lipinski definition) is 0. The lowest BCUT2D eigenvalue weighted by molar-refractivity contribution is -0.117. The van der Waals surface area contributed by atoms with E-state index in [0.29, 0.717) is 24.6 Å². The van der Waals surface area contributed by atoms with Crippen molar-refractivity contribution < 1.29 is 17.6 Å². The number of amides is 1. The summed E-state index contributed by atoms with van der Waals surface area (Å²) in [5.41, 5.74) is 0.965. The van der Waals surface area contributed by atoms with Crippen molar-refractivity contribution in [1.82, 2.24) is 4.90 Å². The van der Waals surface area contributed by atoms with Gasteiger partial charge in [0.05, 0.1) is 17.5 Å². The highest BCUT2D eigenvalue weighted by atomic mass is 32.2. The number of hydrogen-bond acceptors (Lipinski definition) is 4. The Labute approximate surface area is 145 Å². The van der Waals surface area contributed by atoms with Crippen LogP contribution >= 0.6 is 11.8 Å². The molecular formula is C16H19FN2O3S2. The summed E-state index contributed by atoms with van der Waals surface area (Å²) in [5, 5.41) is 0.556. The molecule has 0 unspecified atom stereocenters. The van der Waals surface area contributed by atoms with E-state index in [1.54, 1.807) is 19.1 Å². The maximum Gasteiger partial charge on any atom is 0.247 e. The van der Waals surface area contributed by atoms with E-state index in [4.69, 9.17) is 0 Å². The van der Waals surface area contributed by atoms with Gasteiger partial charge in [-0.2, -0.15) is 4.99 Å². The van der Waals surface area contributed by atoms with E-state index in [1.165, 1.54) is 23.9 Å². The van der Waals surface area contributed by atoms with E-state index in [-0.39, 0.29) is 34.5 Å². The highest BCUT2D eigenvalue weighted by Gasteiger charge is 2.48. The molecule has 0 aromatic heterocycles. The second-order valence-electron chi connectivity index (χ2n) is 6.01. The van der Waals surface area contributed by atoms with Crippen LogP contribution < -0.4 is 0 Å². The van der Waals surface area contributed by atoms with Crippen LogP contribution in [0.25, 0.3) is 0 Å². The van der Waals surface area contributed by atoms with Crippen LogP contribution in [0.2, 0.25) is 0 Å². The first-order valence-electron chi connectivity index (χ1n) is 7.87. The monoisotopic (exact) mass is 370 g/mol. The standard InChI is InChI=1S/C16H19FN2O3S2/c1-2-15(20)18-16-19(8-7-11-3-5-12(17)6-4-11)13-9-24(21,22)10-14(13)23-16/h3-6,13-14H,2,7-10H2,1H3/t13-,14+/m1/s1. The SMILES string of the molecule is CCC(=O)N=C1S[C@H]2CS(=O)(=O)C[C@H]2N1CCc1ccc(F)cc1. The summed E-state index contributed by atoms with van der Waals surface area (Å²) in [6.07, 6.45) is 0.965. The number of carbonyl (C=O) groups is 1. The van der Waals surface area contributed by atoms with Gasteiger partial charge in [0.1, 0.15) is 5.82 Å². The summed E-state index contributed by atoms with van der Waals surface area (Å²) >= 11 is 1.39. The molecule has 8 heteroatoms. The first-order chi connectivity index (χ1) is 11.4. The zero-order valence-corrected chi connectivity index (χ0v) is 14.9. The van der Waals surface area contributed by atoms with E-state index in [2.05, 4.69) is 4.99 Å². The van der Waals surface area contributed by atoms with Gasteiger partial charge in [-0.1, -0.05) is 30.8 Å². The van der Waals surface area contributed by atoms with Crippen molar-refractivity contribution in [3.63, 3.8) is 0 Å². The lowest BCUT2D eigenvalue weighted by Crippen LogP contribution is -2.39. The second kappa shape index (κ2) is 6.84. The van der Waals surface area contributed by atoms with Crippen molar-refractivity contribution in [3.05, 3.63) is 35.6 Å². The molecule has 2 fully saturated rings. The zero-order chi connectivity index (χ0) is 17.3. The molecule has 2 saturated heterocycles. The van der Waals surface area contributed by atoms with E-state index in [0.717, 1.165) is 5.56 Å². The van der Waals surface area contributed by atoms with Gasteiger partial charge < -0.3 is 4.90 Å². The summed E-state index contributed by atoms with van der Waals surface area (Å²) in [6, 6.07) is 6.12. The Bertz CT molecular complexity index is 762. The number of halogens is 1. The number of benzene rings is 1. The van der Waals surface area contributed by atoms with Gasteiger partial charge >= 0.3 is 0 Å². The van der Waals surface area contributed by atoms with Crippen molar-refractivity contribution >= 4 is 32.7 Å². The fourth-order valence-electron chi connectivity index (χ4n) is 2.98. The summed E-state index contributed by atoms with van der Waals surface area (Å²) in [6.45, 7) is 2.31. The lowest BCUT2D eigenvalue weighted by Gasteiger charge is -2.24. The van der Waals surface area contributed by atoms with Gasteiger partial charge in [-0.25, -0.2) is 12.8 Å². The molecule has 5 nitrogen and oxygen atoms in total. The number of nitrogens with zero attached hydrogens (tertiary/aromatic N) is 2. The number of thioether (sulfide) groups is 1. The maximum absolute atomic E-state index is 13.0. The van der Waals surface area contributed by atoms with Crippen molar-refractivity contribution in [1.29, 1.82) is 0 Å². The Morgan fingerprint density at radius 1 is 1.33 bits per heavy atom. The third-order valence-electron chi connectivity index (χ3n) is 4.25. The normalized spacial score (nSPS) is 26.8. The maximum atomic E-state index is 13.0. The first-order valence-corrected chi connectivity index (χ1v) is 10.6. The number of rotatable bonds is 4. The van der Waals surface area contributed by atoms with Gasteiger partial charge in [-0.15, -0.1) is 0 Å². The second-order valence-corrected chi connectivity index (χ2v) is 9.37. The average molecular weight is 370 g/mol. The van der Waals surface area contributed by atoms with Crippen molar-refractivity contribution in [2.45, 2.75) is 31.1 Å². The van der Waals surface area contributed by atoms with Crippen molar-refractivity contribution in [3.8, 4) is 0 Å². The minimum Gasteiger partial charge on any atom is -0.346 e. The number of aliphatic imine (C=N–C) groups is 1. The summed E-state index contributed by atoms with van der Waals surface area (Å²) in [4.78, 5) is 17.8. The van der Waals surface area contributed by atoms with Crippen LogP contribution in [0, 0.1) is 5.82 Å². The average Bonchev–Trinajstić information content (AvgIpc) is 2.98. The Morgan fingerprint density at radius 2 is 2.04 bits per heavy atom. The molecule has 0 aliphatic carbocycles. The largest absolute Gasteiger partial charge is 0.346 e. The van der Waals surface area contributed by atoms with Crippen LogP contribution in [-0.2, 0) is 21.1 Å². The highest BCUT2D eigenvalue weighted by molar-refractivity contribution is 8.15. The Hall–Kier alpha value is -1.41. The van der Waals surface area contributed by atoms with Crippen molar-refractivity contribution in [2.24, 2.45) is 4.99 Å². The number of amidine groups is 1. The number of carbonyl (C=O) groups excluding carboxylic acids is 1. The van der Waals surface area contributed by atoms with Gasteiger partial charge in [0.2, 0.25) is 5.91 Å². The van der Waals surface area contributed by atoms with Crippen LogP contribution in [0.15, 0.2) is 29.3 Å². The van der Waals surface area contributed by atoms with Crippen LogP contribution in [0.1, 0.15) is 18.9 Å². The quantitative estimate of drug-likeness (QED) is 0.810. The molecule has 3 rings (SSSR count). The van der Waals surface area contributed by atoms with E-state index < -0.39 is 9.84 Å². The van der Waals surface area contributed by atoms with Crippen LogP contribution in [0.3, 0.4) is 0 Å². The molecule has 0 spiro atoms. The summed E-state index contributed by atoms with van der Waals surface area (Å²) in [5.74, 6) is -0.248. The minimum atomic E-state index is -3.04. The molecule has 0 N–H and O–H groups in total. The number of sulfone groups is 1. The number of fused-ring (bicyclic) bond motifs is 1.